The van der Waals surface area contributed by atoms with Crippen molar-refractivity contribution >= 4 is 11.8 Å². The van der Waals surface area contributed by atoms with Gasteiger partial charge in [-0.15, -0.1) is 0 Å². The van der Waals surface area contributed by atoms with Crippen molar-refractivity contribution in [3.05, 3.63) is 65.5 Å². The molecule has 2 N–H and O–H groups in total. The van der Waals surface area contributed by atoms with E-state index in [0.29, 0.717) is 30.6 Å². The van der Waals surface area contributed by atoms with Crippen LogP contribution in [0.4, 0.5) is 0 Å². The van der Waals surface area contributed by atoms with Crippen molar-refractivity contribution in [3.63, 3.8) is 0 Å². The van der Waals surface area contributed by atoms with Crippen LogP contribution < -0.4 is 10.6 Å². The van der Waals surface area contributed by atoms with Crippen molar-refractivity contribution in [3.8, 4) is 0 Å². The Morgan fingerprint density at radius 3 is 2.41 bits per heavy atom. The maximum absolute atomic E-state index is 12.0. The maximum atomic E-state index is 12.0. The number of carbonyl (C=O) groups is 2. The second kappa shape index (κ2) is 7.93. The lowest BCUT2D eigenvalue weighted by Crippen LogP contribution is -2.30. The van der Waals surface area contributed by atoms with E-state index in [-0.39, 0.29) is 11.8 Å². The lowest BCUT2D eigenvalue weighted by Gasteiger charge is -2.08. The highest BCUT2D eigenvalue weighted by Gasteiger charge is 2.07. The minimum absolute atomic E-state index is 0.0864. The highest BCUT2D eigenvalue weighted by atomic mass is 16.2. The summed E-state index contributed by atoms with van der Waals surface area (Å²) in [5.74, 6) is -0.241. The van der Waals surface area contributed by atoms with Crippen LogP contribution in [0.25, 0.3) is 0 Å². The molecule has 2 rings (SSSR count). The second-order valence-corrected chi connectivity index (χ2v) is 4.92. The number of carbonyl (C=O) groups excluding carboxylic acids is 2. The van der Waals surface area contributed by atoms with Crippen LogP contribution in [-0.2, 0) is 0 Å². The van der Waals surface area contributed by atoms with Crippen LogP contribution in [0.2, 0.25) is 0 Å². The van der Waals surface area contributed by atoms with E-state index in [0.717, 1.165) is 5.56 Å². The largest absolute Gasteiger partial charge is 0.352 e. The molecule has 0 spiro atoms. The third-order valence-corrected chi connectivity index (χ3v) is 3.24. The standard InChI is InChI=1S/C17H19N3O2/c1-13-6-2-3-8-15(13)17(22)20-11-5-10-19-16(21)14-7-4-9-18-12-14/h2-4,6-9,12H,5,10-11H2,1H3,(H,19,21)(H,20,22). The summed E-state index contributed by atoms with van der Waals surface area (Å²) < 4.78 is 0. The normalized spacial score (nSPS) is 10.0. The smallest absolute Gasteiger partial charge is 0.252 e. The predicted octanol–water partition coefficient (Wildman–Crippen LogP) is 1.94. The van der Waals surface area contributed by atoms with Crippen molar-refractivity contribution < 1.29 is 9.59 Å². The van der Waals surface area contributed by atoms with Gasteiger partial charge in [-0.25, -0.2) is 0 Å². The molecule has 114 valence electrons. The van der Waals surface area contributed by atoms with Crippen molar-refractivity contribution in [2.75, 3.05) is 13.1 Å². The minimum atomic E-state index is -0.154. The first-order chi connectivity index (χ1) is 10.7. The molecular weight excluding hydrogens is 278 g/mol. The van der Waals surface area contributed by atoms with Gasteiger partial charge in [0.1, 0.15) is 0 Å². The Kier molecular flexibility index (Phi) is 5.65. The Morgan fingerprint density at radius 2 is 1.73 bits per heavy atom. The molecule has 0 unspecified atom stereocenters. The number of hydrogen-bond acceptors (Lipinski definition) is 3. The molecule has 5 heteroatoms. The number of amides is 2. The zero-order chi connectivity index (χ0) is 15.8. The summed E-state index contributed by atoms with van der Waals surface area (Å²) >= 11 is 0. The van der Waals surface area contributed by atoms with Gasteiger partial charge in [-0.3, -0.25) is 14.6 Å². The Morgan fingerprint density at radius 1 is 1.00 bits per heavy atom. The molecule has 0 aliphatic rings. The molecule has 0 radical (unpaired) electrons. The maximum Gasteiger partial charge on any atom is 0.252 e. The minimum Gasteiger partial charge on any atom is -0.352 e. The van der Waals surface area contributed by atoms with Gasteiger partial charge in [0, 0.05) is 31.0 Å². The summed E-state index contributed by atoms with van der Waals surface area (Å²) in [6.07, 6.45) is 3.82. The summed E-state index contributed by atoms with van der Waals surface area (Å²) in [4.78, 5) is 27.6. The van der Waals surface area contributed by atoms with Gasteiger partial charge >= 0.3 is 0 Å². The second-order valence-electron chi connectivity index (χ2n) is 4.92. The fraction of sp³-hybridized carbons (Fsp3) is 0.235. The SMILES string of the molecule is Cc1ccccc1C(=O)NCCCNC(=O)c1cccnc1. The van der Waals surface area contributed by atoms with E-state index < -0.39 is 0 Å². The molecule has 0 saturated carbocycles. The first-order valence-electron chi connectivity index (χ1n) is 7.20. The molecule has 1 heterocycles. The number of pyridine rings is 1. The molecule has 0 fully saturated rings. The lowest BCUT2D eigenvalue weighted by atomic mass is 10.1. The third kappa shape index (κ3) is 4.41. The van der Waals surface area contributed by atoms with Gasteiger partial charge in [0.15, 0.2) is 0 Å². The van der Waals surface area contributed by atoms with Crippen LogP contribution in [0.15, 0.2) is 48.8 Å². The van der Waals surface area contributed by atoms with Crippen LogP contribution in [0.1, 0.15) is 32.7 Å². The van der Waals surface area contributed by atoms with E-state index in [2.05, 4.69) is 15.6 Å². The number of benzene rings is 1. The van der Waals surface area contributed by atoms with Gasteiger partial charge in [0.25, 0.3) is 11.8 Å². The number of rotatable bonds is 6. The molecular formula is C17H19N3O2. The molecule has 0 atom stereocenters. The molecule has 0 aliphatic heterocycles. The van der Waals surface area contributed by atoms with Crippen LogP contribution in [0, 0.1) is 6.92 Å². The van der Waals surface area contributed by atoms with E-state index in [1.807, 2.05) is 25.1 Å². The van der Waals surface area contributed by atoms with Gasteiger partial charge in [0.05, 0.1) is 5.56 Å². The Labute approximate surface area is 129 Å². The zero-order valence-electron chi connectivity index (χ0n) is 12.5. The molecule has 0 bridgehead atoms. The molecule has 22 heavy (non-hydrogen) atoms. The number of nitrogens with zero attached hydrogens (tertiary/aromatic N) is 1. The van der Waals surface area contributed by atoms with Gasteiger partial charge in [-0.05, 0) is 37.1 Å². The Hall–Kier alpha value is -2.69. The van der Waals surface area contributed by atoms with Gasteiger partial charge < -0.3 is 10.6 Å². The third-order valence-electron chi connectivity index (χ3n) is 3.24. The monoisotopic (exact) mass is 297 g/mol. The Balaban J connectivity index is 1.69. The average Bonchev–Trinajstić information content (AvgIpc) is 2.55. The van der Waals surface area contributed by atoms with E-state index >= 15 is 0 Å². The van der Waals surface area contributed by atoms with Gasteiger partial charge in [-0.1, -0.05) is 18.2 Å². The average molecular weight is 297 g/mol. The van der Waals surface area contributed by atoms with Crippen LogP contribution >= 0.6 is 0 Å². The highest BCUT2D eigenvalue weighted by molar-refractivity contribution is 5.95. The molecule has 1 aromatic heterocycles. The molecule has 2 aromatic rings. The number of aromatic nitrogens is 1. The molecule has 0 aliphatic carbocycles. The molecule has 5 nitrogen and oxygen atoms in total. The lowest BCUT2D eigenvalue weighted by molar-refractivity contribution is 0.0951. The van der Waals surface area contributed by atoms with Gasteiger partial charge in [0.2, 0.25) is 0 Å². The van der Waals surface area contributed by atoms with Crippen molar-refractivity contribution in [2.45, 2.75) is 13.3 Å². The molecule has 2 amide bonds. The first kappa shape index (κ1) is 15.7. The fourth-order valence-electron chi connectivity index (χ4n) is 2.01. The van der Waals surface area contributed by atoms with E-state index in [1.165, 1.54) is 6.20 Å². The fourth-order valence-corrected chi connectivity index (χ4v) is 2.01. The molecule has 1 aromatic carbocycles. The van der Waals surface area contributed by atoms with Gasteiger partial charge in [-0.2, -0.15) is 0 Å². The first-order valence-corrected chi connectivity index (χ1v) is 7.20. The van der Waals surface area contributed by atoms with Crippen molar-refractivity contribution in [1.82, 2.24) is 15.6 Å². The van der Waals surface area contributed by atoms with E-state index in [1.54, 1.807) is 24.4 Å². The highest BCUT2D eigenvalue weighted by Crippen LogP contribution is 2.06. The Bertz CT molecular complexity index is 641. The van der Waals surface area contributed by atoms with Crippen LogP contribution in [0.5, 0.6) is 0 Å². The number of aryl methyl sites for hydroxylation is 1. The van der Waals surface area contributed by atoms with Crippen LogP contribution in [0.3, 0.4) is 0 Å². The predicted molar refractivity (Wildman–Crippen MR) is 84.7 cm³/mol. The van der Waals surface area contributed by atoms with Crippen LogP contribution in [-0.4, -0.2) is 29.9 Å². The summed E-state index contributed by atoms with van der Waals surface area (Å²) in [5.41, 5.74) is 2.17. The number of hydrogen-bond donors (Lipinski definition) is 2. The summed E-state index contributed by atoms with van der Waals surface area (Å²) in [7, 11) is 0. The van der Waals surface area contributed by atoms with E-state index in [4.69, 9.17) is 0 Å². The molecule has 0 saturated heterocycles. The van der Waals surface area contributed by atoms with Crippen molar-refractivity contribution in [2.24, 2.45) is 0 Å². The van der Waals surface area contributed by atoms with Crippen molar-refractivity contribution in [1.29, 1.82) is 0 Å². The zero-order valence-corrected chi connectivity index (χ0v) is 12.5. The quantitative estimate of drug-likeness (QED) is 0.800. The summed E-state index contributed by atoms with van der Waals surface area (Å²) in [6, 6.07) is 10.9. The van der Waals surface area contributed by atoms with E-state index in [9.17, 15) is 9.59 Å². The summed E-state index contributed by atoms with van der Waals surface area (Å²) in [6.45, 7) is 2.92. The number of nitrogens with one attached hydrogen (secondary N) is 2. The topological polar surface area (TPSA) is 71.1 Å². The summed E-state index contributed by atoms with van der Waals surface area (Å²) in [5, 5.41) is 5.64.